The Morgan fingerprint density at radius 3 is 2.38 bits per heavy atom. The van der Waals surface area contributed by atoms with Gasteiger partial charge in [-0.15, -0.1) is 0 Å². The second-order valence-electron chi connectivity index (χ2n) is 2.55. The van der Waals surface area contributed by atoms with Crippen molar-refractivity contribution in [2.24, 2.45) is 0 Å². The van der Waals surface area contributed by atoms with E-state index in [1.165, 1.54) is 0 Å². The smallest absolute Gasteiger partial charge is 0.127 e. The average Bonchev–Trinajstić information content (AvgIpc) is 2.16. The van der Waals surface area contributed by atoms with Gasteiger partial charge in [-0.05, 0) is 28.9 Å². The molecule has 0 heterocycles. The van der Waals surface area contributed by atoms with Crippen LogP contribution in [0, 0.1) is 0 Å². The molecule has 0 unspecified atom stereocenters. The Morgan fingerprint density at radius 2 is 1.85 bits per heavy atom. The number of ether oxygens (including phenoxy) is 1. The molecule has 0 amide bonds. The second-order valence-corrected chi connectivity index (χ2v) is 4.53. The summed E-state index contributed by atoms with van der Waals surface area (Å²) in [7, 11) is 1.67. The maximum Gasteiger partial charge on any atom is 0.127 e. The first-order chi connectivity index (χ1) is 6.16. The van der Waals surface area contributed by atoms with Gasteiger partial charge in [0, 0.05) is 14.5 Å². The van der Waals surface area contributed by atoms with Crippen molar-refractivity contribution in [3.05, 3.63) is 34.3 Å². The Balaban J connectivity index is 3.21. The summed E-state index contributed by atoms with van der Waals surface area (Å²) < 4.78 is 7.30. The molecule has 0 atom stereocenters. The number of halogens is 2. The third-order valence-corrected chi connectivity index (χ3v) is 3.60. The van der Waals surface area contributed by atoms with Crippen LogP contribution >= 0.6 is 31.9 Å². The van der Waals surface area contributed by atoms with Crippen LogP contribution in [0.15, 0.2) is 28.7 Å². The average molecular weight is 306 g/mol. The summed E-state index contributed by atoms with van der Waals surface area (Å²) in [5.41, 5.74) is 1.05. The van der Waals surface area contributed by atoms with E-state index in [4.69, 9.17) is 4.74 Å². The van der Waals surface area contributed by atoms with Gasteiger partial charge in [-0.25, -0.2) is 0 Å². The topological polar surface area (TPSA) is 9.23 Å². The van der Waals surface area contributed by atoms with Crippen molar-refractivity contribution in [2.75, 3.05) is 7.11 Å². The lowest BCUT2D eigenvalue weighted by molar-refractivity contribution is 0.414. The van der Waals surface area contributed by atoms with E-state index >= 15 is 0 Å². The summed E-state index contributed by atoms with van der Waals surface area (Å²) in [6.45, 7) is 1.98. The molecule has 0 saturated carbocycles. The van der Waals surface area contributed by atoms with Crippen LogP contribution in [-0.4, -0.2) is 7.11 Å². The van der Waals surface area contributed by atoms with Crippen molar-refractivity contribution in [1.29, 1.82) is 0 Å². The quantitative estimate of drug-likeness (QED) is 0.796. The van der Waals surface area contributed by atoms with Gasteiger partial charge in [0.15, 0.2) is 0 Å². The van der Waals surface area contributed by atoms with Crippen molar-refractivity contribution < 1.29 is 4.74 Å². The molecule has 0 aliphatic carbocycles. The Hall–Kier alpha value is -0.280. The van der Waals surface area contributed by atoms with Crippen LogP contribution < -0.4 is 4.74 Å². The first-order valence-corrected chi connectivity index (χ1v) is 5.40. The molecule has 0 radical (unpaired) electrons. The number of para-hydroxylation sites is 1. The van der Waals surface area contributed by atoms with Crippen LogP contribution in [0.4, 0.5) is 0 Å². The van der Waals surface area contributed by atoms with Gasteiger partial charge < -0.3 is 4.74 Å². The number of allylic oxidation sites excluding steroid dienone is 1. The van der Waals surface area contributed by atoms with Gasteiger partial charge in [0.05, 0.1) is 7.11 Å². The molecular weight excluding hydrogens is 296 g/mol. The van der Waals surface area contributed by atoms with Gasteiger partial charge in [-0.1, -0.05) is 34.1 Å². The molecule has 1 rings (SSSR count). The van der Waals surface area contributed by atoms with Gasteiger partial charge in [0.2, 0.25) is 0 Å². The van der Waals surface area contributed by atoms with E-state index in [0.717, 1.165) is 20.3 Å². The van der Waals surface area contributed by atoms with Gasteiger partial charge in [0.1, 0.15) is 5.75 Å². The molecule has 0 aliphatic rings. The van der Waals surface area contributed by atoms with E-state index in [0.29, 0.717) is 0 Å². The SMILES string of the molecule is COc1ccccc1/C(Br)=C(\C)Br. The molecule has 1 aromatic carbocycles. The van der Waals surface area contributed by atoms with Crippen molar-refractivity contribution in [3.63, 3.8) is 0 Å². The van der Waals surface area contributed by atoms with Crippen LogP contribution in [0.2, 0.25) is 0 Å². The van der Waals surface area contributed by atoms with Crippen LogP contribution in [0.5, 0.6) is 5.75 Å². The zero-order chi connectivity index (χ0) is 9.84. The lowest BCUT2D eigenvalue weighted by atomic mass is 10.2. The minimum Gasteiger partial charge on any atom is -0.496 e. The fourth-order valence-electron chi connectivity index (χ4n) is 1.01. The predicted octanol–water partition coefficient (Wildman–Crippen LogP) is 4.17. The molecule has 0 bridgehead atoms. The first-order valence-electron chi connectivity index (χ1n) is 3.82. The minimum absolute atomic E-state index is 0.869. The fraction of sp³-hybridized carbons (Fsp3) is 0.200. The molecule has 0 aromatic heterocycles. The summed E-state index contributed by atoms with van der Waals surface area (Å²) in [6.07, 6.45) is 0. The van der Waals surface area contributed by atoms with Crippen LogP contribution in [0.25, 0.3) is 4.48 Å². The molecular formula is C10H10Br2O. The summed E-state index contributed by atoms with van der Waals surface area (Å²) in [4.78, 5) is 0. The first kappa shape index (κ1) is 10.8. The highest BCUT2D eigenvalue weighted by Crippen LogP contribution is 2.33. The lowest BCUT2D eigenvalue weighted by Crippen LogP contribution is -1.88. The number of hydrogen-bond donors (Lipinski definition) is 0. The zero-order valence-corrected chi connectivity index (χ0v) is 10.6. The molecule has 1 aromatic rings. The monoisotopic (exact) mass is 304 g/mol. The van der Waals surface area contributed by atoms with Crippen molar-refractivity contribution in [3.8, 4) is 5.75 Å². The van der Waals surface area contributed by atoms with E-state index in [1.54, 1.807) is 7.11 Å². The summed E-state index contributed by atoms with van der Waals surface area (Å²) in [5.74, 6) is 0.869. The zero-order valence-electron chi connectivity index (χ0n) is 7.47. The van der Waals surface area contributed by atoms with E-state index in [9.17, 15) is 0 Å². The Labute approximate surface area is 95.1 Å². The normalized spacial score (nSPS) is 12.3. The predicted molar refractivity (Wildman–Crippen MR) is 63.4 cm³/mol. The Morgan fingerprint density at radius 1 is 1.23 bits per heavy atom. The van der Waals surface area contributed by atoms with Gasteiger partial charge >= 0.3 is 0 Å². The summed E-state index contributed by atoms with van der Waals surface area (Å²) in [5, 5.41) is 0. The second kappa shape index (κ2) is 4.82. The Bertz CT molecular complexity index is 327. The van der Waals surface area contributed by atoms with E-state index < -0.39 is 0 Å². The third kappa shape index (κ3) is 2.58. The number of methoxy groups -OCH3 is 1. The molecule has 1 nitrogen and oxygen atoms in total. The minimum atomic E-state index is 0.869. The highest BCUT2D eigenvalue weighted by Gasteiger charge is 2.06. The maximum atomic E-state index is 5.23. The molecule has 0 N–H and O–H groups in total. The van der Waals surface area contributed by atoms with Crippen molar-refractivity contribution in [1.82, 2.24) is 0 Å². The van der Waals surface area contributed by atoms with E-state index in [1.807, 2.05) is 31.2 Å². The maximum absolute atomic E-state index is 5.23. The number of benzene rings is 1. The van der Waals surface area contributed by atoms with Gasteiger partial charge in [-0.3, -0.25) is 0 Å². The molecule has 0 fully saturated rings. The lowest BCUT2D eigenvalue weighted by Gasteiger charge is -2.07. The summed E-state index contributed by atoms with van der Waals surface area (Å²) >= 11 is 6.91. The van der Waals surface area contributed by atoms with E-state index in [2.05, 4.69) is 31.9 Å². The number of rotatable bonds is 2. The van der Waals surface area contributed by atoms with E-state index in [-0.39, 0.29) is 0 Å². The Kier molecular flexibility index (Phi) is 4.00. The van der Waals surface area contributed by atoms with Crippen LogP contribution in [-0.2, 0) is 0 Å². The highest BCUT2D eigenvalue weighted by atomic mass is 79.9. The van der Waals surface area contributed by atoms with Crippen molar-refractivity contribution in [2.45, 2.75) is 6.92 Å². The molecule has 70 valence electrons. The van der Waals surface area contributed by atoms with Crippen molar-refractivity contribution >= 4 is 36.3 Å². The third-order valence-electron chi connectivity index (χ3n) is 1.65. The largest absolute Gasteiger partial charge is 0.496 e. The number of hydrogen-bond acceptors (Lipinski definition) is 1. The van der Waals surface area contributed by atoms with Gasteiger partial charge in [-0.2, -0.15) is 0 Å². The molecule has 0 aliphatic heterocycles. The standard InChI is InChI=1S/C10H10Br2O/c1-7(11)10(12)8-5-3-4-6-9(8)13-2/h3-6H,1-2H3/b10-7-. The molecule has 3 heteroatoms. The van der Waals surface area contributed by atoms with Crippen LogP contribution in [0.1, 0.15) is 12.5 Å². The van der Waals surface area contributed by atoms with Crippen LogP contribution in [0.3, 0.4) is 0 Å². The molecule has 13 heavy (non-hydrogen) atoms. The summed E-state index contributed by atoms with van der Waals surface area (Å²) in [6, 6.07) is 7.88. The molecule has 0 spiro atoms. The fourth-order valence-corrected chi connectivity index (χ4v) is 1.55. The highest BCUT2D eigenvalue weighted by molar-refractivity contribution is 9.16. The van der Waals surface area contributed by atoms with Gasteiger partial charge in [0.25, 0.3) is 0 Å². The molecule has 0 saturated heterocycles.